The molecule has 0 aromatic carbocycles. The summed E-state index contributed by atoms with van der Waals surface area (Å²) in [6.07, 6.45) is 6.75. The maximum Gasteiger partial charge on any atom is 0.213 e. The fourth-order valence-electron chi connectivity index (χ4n) is 1.94. The summed E-state index contributed by atoms with van der Waals surface area (Å²) in [4.78, 5) is 8.45. The molecule has 2 heterocycles. The second-order valence-corrected chi connectivity index (χ2v) is 4.35. The highest BCUT2D eigenvalue weighted by molar-refractivity contribution is 5.20. The fraction of sp³-hybridized carbons (Fsp3) is 0.429. The van der Waals surface area contributed by atoms with Gasteiger partial charge in [-0.15, -0.1) is 0 Å². The quantitative estimate of drug-likeness (QED) is 0.827. The molecule has 102 valence electrons. The Balaban J connectivity index is 1.87. The van der Waals surface area contributed by atoms with Gasteiger partial charge in [0.25, 0.3) is 0 Å². The summed E-state index contributed by atoms with van der Waals surface area (Å²) in [5.41, 5.74) is 1.15. The number of ether oxygens (including phenoxy) is 1. The Labute approximate surface area is 113 Å². The number of rotatable bonds is 7. The van der Waals surface area contributed by atoms with E-state index in [2.05, 4.69) is 26.8 Å². The molecule has 0 unspecified atom stereocenters. The number of imidazole rings is 1. The zero-order valence-corrected chi connectivity index (χ0v) is 11.5. The number of methoxy groups -OCH3 is 1. The number of hydrogen-bond donors (Lipinski definition) is 1. The summed E-state index contributed by atoms with van der Waals surface area (Å²) in [7, 11) is 1.63. The first-order chi connectivity index (χ1) is 9.33. The minimum atomic E-state index is 0.645. The highest BCUT2D eigenvalue weighted by Crippen LogP contribution is 2.08. The van der Waals surface area contributed by atoms with Crippen LogP contribution in [0.4, 0.5) is 0 Å². The molecule has 0 saturated heterocycles. The van der Waals surface area contributed by atoms with Crippen molar-refractivity contribution >= 4 is 0 Å². The smallest absolute Gasteiger partial charge is 0.213 e. The average Bonchev–Trinajstić information content (AvgIpc) is 2.87. The molecule has 5 nitrogen and oxygen atoms in total. The van der Waals surface area contributed by atoms with Gasteiger partial charge in [-0.3, -0.25) is 0 Å². The van der Waals surface area contributed by atoms with Crippen molar-refractivity contribution in [1.29, 1.82) is 0 Å². The Hall–Kier alpha value is -1.88. The Morgan fingerprint density at radius 1 is 1.26 bits per heavy atom. The van der Waals surface area contributed by atoms with Crippen LogP contribution in [0, 0.1) is 0 Å². The Kier molecular flexibility index (Phi) is 4.92. The number of nitrogens with one attached hydrogen (secondary N) is 1. The van der Waals surface area contributed by atoms with Gasteiger partial charge in [-0.2, -0.15) is 0 Å². The molecule has 0 aliphatic heterocycles. The summed E-state index contributed by atoms with van der Waals surface area (Å²) < 4.78 is 7.28. The van der Waals surface area contributed by atoms with Crippen LogP contribution >= 0.6 is 0 Å². The zero-order chi connectivity index (χ0) is 13.5. The van der Waals surface area contributed by atoms with Crippen molar-refractivity contribution in [2.24, 2.45) is 0 Å². The minimum absolute atomic E-state index is 0.645. The Morgan fingerprint density at radius 2 is 2.16 bits per heavy atom. The van der Waals surface area contributed by atoms with E-state index in [9.17, 15) is 0 Å². The van der Waals surface area contributed by atoms with Crippen LogP contribution in [0.15, 0.2) is 30.7 Å². The second-order valence-electron chi connectivity index (χ2n) is 4.35. The predicted octanol–water partition coefficient (Wildman–Crippen LogP) is 1.99. The van der Waals surface area contributed by atoms with E-state index in [4.69, 9.17) is 4.74 Å². The zero-order valence-electron chi connectivity index (χ0n) is 11.5. The molecule has 0 atom stereocenters. The third-order valence-electron chi connectivity index (χ3n) is 2.89. The van der Waals surface area contributed by atoms with Gasteiger partial charge in [0.2, 0.25) is 5.88 Å². The molecule has 2 aromatic rings. The van der Waals surface area contributed by atoms with Gasteiger partial charge in [0, 0.05) is 37.7 Å². The maximum absolute atomic E-state index is 5.10. The van der Waals surface area contributed by atoms with Gasteiger partial charge < -0.3 is 14.6 Å². The first kappa shape index (κ1) is 13.5. The molecule has 0 spiro atoms. The molecule has 0 amide bonds. The molecular weight excluding hydrogens is 240 g/mol. The first-order valence-corrected chi connectivity index (χ1v) is 6.53. The van der Waals surface area contributed by atoms with E-state index in [-0.39, 0.29) is 0 Å². The van der Waals surface area contributed by atoms with Crippen LogP contribution < -0.4 is 10.1 Å². The predicted molar refractivity (Wildman–Crippen MR) is 73.9 cm³/mol. The lowest BCUT2D eigenvalue weighted by Crippen LogP contribution is -2.16. The number of pyridine rings is 1. The minimum Gasteiger partial charge on any atom is -0.481 e. The molecule has 2 aromatic heterocycles. The van der Waals surface area contributed by atoms with E-state index in [1.54, 1.807) is 13.3 Å². The van der Waals surface area contributed by atoms with Crippen molar-refractivity contribution in [2.45, 2.75) is 33.0 Å². The van der Waals surface area contributed by atoms with Gasteiger partial charge >= 0.3 is 0 Å². The van der Waals surface area contributed by atoms with Crippen molar-refractivity contribution in [3.63, 3.8) is 0 Å². The SMILES string of the molecule is CCCn1ccnc1CNCc1ccnc(OC)c1. The fourth-order valence-corrected chi connectivity index (χ4v) is 1.94. The van der Waals surface area contributed by atoms with Gasteiger partial charge in [-0.1, -0.05) is 6.92 Å². The lowest BCUT2D eigenvalue weighted by Gasteiger charge is -2.08. The topological polar surface area (TPSA) is 52.0 Å². The molecule has 0 saturated carbocycles. The van der Waals surface area contributed by atoms with Crippen molar-refractivity contribution in [1.82, 2.24) is 19.9 Å². The van der Waals surface area contributed by atoms with Crippen LogP contribution in [0.2, 0.25) is 0 Å². The van der Waals surface area contributed by atoms with Crippen molar-refractivity contribution in [2.75, 3.05) is 7.11 Å². The lowest BCUT2D eigenvalue weighted by atomic mass is 10.2. The van der Waals surface area contributed by atoms with E-state index in [0.29, 0.717) is 5.88 Å². The Bertz CT molecular complexity index is 510. The third kappa shape index (κ3) is 3.79. The van der Waals surface area contributed by atoms with Crippen molar-refractivity contribution in [3.8, 4) is 5.88 Å². The lowest BCUT2D eigenvalue weighted by molar-refractivity contribution is 0.397. The third-order valence-corrected chi connectivity index (χ3v) is 2.89. The largest absolute Gasteiger partial charge is 0.481 e. The standard InChI is InChI=1S/C14H20N4O/c1-3-7-18-8-6-16-13(18)11-15-10-12-4-5-17-14(9-12)19-2/h4-6,8-9,15H,3,7,10-11H2,1-2H3. The molecule has 0 bridgehead atoms. The molecule has 2 rings (SSSR count). The van der Waals surface area contributed by atoms with Gasteiger partial charge in [-0.25, -0.2) is 9.97 Å². The van der Waals surface area contributed by atoms with E-state index in [1.165, 1.54) is 0 Å². The highest BCUT2D eigenvalue weighted by atomic mass is 16.5. The van der Waals surface area contributed by atoms with E-state index in [0.717, 1.165) is 37.4 Å². The number of hydrogen-bond acceptors (Lipinski definition) is 4. The number of aromatic nitrogens is 3. The van der Waals surface area contributed by atoms with Crippen LogP contribution in [0.5, 0.6) is 5.88 Å². The molecule has 0 aliphatic rings. The number of nitrogens with zero attached hydrogens (tertiary/aromatic N) is 3. The van der Waals surface area contributed by atoms with Gasteiger partial charge in [0.05, 0.1) is 13.7 Å². The van der Waals surface area contributed by atoms with Gasteiger partial charge in [-0.05, 0) is 18.1 Å². The first-order valence-electron chi connectivity index (χ1n) is 6.53. The van der Waals surface area contributed by atoms with Gasteiger partial charge in [0.15, 0.2) is 0 Å². The molecule has 0 aliphatic carbocycles. The molecule has 5 heteroatoms. The highest BCUT2D eigenvalue weighted by Gasteiger charge is 2.02. The van der Waals surface area contributed by atoms with E-state index >= 15 is 0 Å². The maximum atomic E-state index is 5.10. The molecular formula is C14H20N4O. The summed E-state index contributed by atoms with van der Waals surface area (Å²) in [6.45, 7) is 4.72. The van der Waals surface area contributed by atoms with Crippen LogP contribution in [0.25, 0.3) is 0 Å². The molecule has 0 fully saturated rings. The normalized spacial score (nSPS) is 10.6. The number of aryl methyl sites for hydroxylation is 1. The van der Waals surface area contributed by atoms with Crippen molar-refractivity contribution in [3.05, 3.63) is 42.1 Å². The molecule has 0 radical (unpaired) electrons. The van der Waals surface area contributed by atoms with Gasteiger partial charge in [0.1, 0.15) is 5.82 Å². The summed E-state index contributed by atoms with van der Waals surface area (Å²) in [5, 5.41) is 3.39. The summed E-state index contributed by atoms with van der Waals surface area (Å²) in [5.74, 6) is 1.72. The van der Waals surface area contributed by atoms with Crippen LogP contribution in [0.3, 0.4) is 0 Å². The summed E-state index contributed by atoms with van der Waals surface area (Å²) in [6, 6.07) is 3.92. The average molecular weight is 260 g/mol. The van der Waals surface area contributed by atoms with Crippen molar-refractivity contribution < 1.29 is 4.74 Å². The molecule has 1 N–H and O–H groups in total. The van der Waals surface area contributed by atoms with E-state index < -0.39 is 0 Å². The Morgan fingerprint density at radius 3 is 2.95 bits per heavy atom. The second kappa shape index (κ2) is 6.89. The van der Waals surface area contributed by atoms with E-state index in [1.807, 2.05) is 24.5 Å². The molecule has 19 heavy (non-hydrogen) atoms. The van der Waals surface area contributed by atoms with Crippen LogP contribution in [-0.2, 0) is 19.6 Å². The van der Waals surface area contributed by atoms with Crippen LogP contribution in [0.1, 0.15) is 24.7 Å². The monoisotopic (exact) mass is 260 g/mol. The summed E-state index contributed by atoms with van der Waals surface area (Å²) >= 11 is 0. The van der Waals surface area contributed by atoms with Crippen LogP contribution in [-0.4, -0.2) is 21.6 Å².